The van der Waals surface area contributed by atoms with Crippen molar-refractivity contribution >= 4 is 29.5 Å². The number of halogens is 1. The molecule has 0 radical (unpaired) electrons. The molecule has 2 aliphatic rings. The fourth-order valence-corrected chi connectivity index (χ4v) is 5.27. The lowest BCUT2D eigenvalue weighted by Gasteiger charge is -2.35. The Kier molecular flexibility index (Phi) is 11.4. The predicted octanol–water partition coefficient (Wildman–Crippen LogP) is 0.520. The minimum atomic E-state index is -1.20. The number of nitrogens with two attached hydrogens (primary N) is 1. The summed E-state index contributed by atoms with van der Waals surface area (Å²) in [6.45, 7) is 1.16. The van der Waals surface area contributed by atoms with Gasteiger partial charge in [-0.2, -0.15) is 0 Å². The molecule has 4 atom stereocenters. The van der Waals surface area contributed by atoms with Crippen LogP contribution in [-0.4, -0.2) is 78.7 Å². The highest BCUT2D eigenvalue weighted by atomic mass is 19.1. The van der Waals surface area contributed by atoms with Crippen molar-refractivity contribution in [2.75, 3.05) is 20.1 Å². The number of hydrogen-bond donors (Lipinski definition) is 5. The van der Waals surface area contributed by atoms with Crippen molar-refractivity contribution < 1.29 is 28.4 Å². The van der Waals surface area contributed by atoms with E-state index >= 15 is 0 Å². The molecule has 0 aromatic heterocycles. The molecular formula is C28H41FN6O5. The van der Waals surface area contributed by atoms with Crippen LogP contribution in [0.1, 0.15) is 67.8 Å². The number of nitrogens with zero attached hydrogens (tertiary/aromatic N) is 1. The van der Waals surface area contributed by atoms with E-state index in [0.717, 1.165) is 32.1 Å². The zero-order valence-electron chi connectivity index (χ0n) is 23.2. The van der Waals surface area contributed by atoms with Gasteiger partial charge in [-0.3, -0.25) is 24.0 Å². The van der Waals surface area contributed by atoms with Crippen molar-refractivity contribution in [2.24, 2.45) is 11.7 Å². The van der Waals surface area contributed by atoms with Gasteiger partial charge in [0.2, 0.25) is 23.6 Å². The van der Waals surface area contributed by atoms with Crippen LogP contribution in [0.25, 0.3) is 0 Å². The van der Waals surface area contributed by atoms with Gasteiger partial charge in [0.25, 0.3) is 5.91 Å². The lowest BCUT2D eigenvalue weighted by atomic mass is 9.83. The van der Waals surface area contributed by atoms with Crippen LogP contribution in [-0.2, 0) is 25.9 Å². The predicted molar refractivity (Wildman–Crippen MR) is 146 cm³/mol. The van der Waals surface area contributed by atoms with Crippen molar-refractivity contribution in [2.45, 2.75) is 82.7 Å². The van der Waals surface area contributed by atoms with Gasteiger partial charge in [0.15, 0.2) is 0 Å². The average molecular weight is 561 g/mol. The van der Waals surface area contributed by atoms with E-state index in [1.165, 1.54) is 29.2 Å². The van der Waals surface area contributed by atoms with Crippen LogP contribution in [0.4, 0.5) is 4.39 Å². The topological polar surface area (TPSA) is 163 Å². The molecule has 5 amide bonds. The minimum Gasteiger partial charge on any atom is -0.368 e. The highest BCUT2D eigenvalue weighted by Gasteiger charge is 2.41. The number of nitrogens with one attached hydrogen (secondary N) is 4. The molecule has 6 N–H and O–H groups in total. The fraction of sp³-hybridized carbons (Fsp3) is 0.607. The molecule has 1 saturated heterocycles. The number of rotatable bonds is 12. The third-order valence-corrected chi connectivity index (χ3v) is 7.85. The van der Waals surface area contributed by atoms with E-state index in [2.05, 4.69) is 21.3 Å². The summed E-state index contributed by atoms with van der Waals surface area (Å²) >= 11 is 0. The van der Waals surface area contributed by atoms with Crippen molar-refractivity contribution in [1.82, 2.24) is 26.2 Å². The summed E-state index contributed by atoms with van der Waals surface area (Å²) in [5, 5.41) is 11.0. The lowest BCUT2D eigenvalue weighted by molar-refractivity contribution is -0.143. The van der Waals surface area contributed by atoms with Gasteiger partial charge in [-0.05, 0) is 63.3 Å². The van der Waals surface area contributed by atoms with Crippen molar-refractivity contribution in [3.63, 3.8) is 0 Å². The first-order valence-corrected chi connectivity index (χ1v) is 14.0. The normalized spacial score (nSPS) is 19.8. The zero-order valence-corrected chi connectivity index (χ0v) is 23.2. The zero-order chi connectivity index (χ0) is 29.2. The van der Waals surface area contributed by atoms with E-state index in [9.17, 15) is 28.4 Å². The maximum Gasteiger partial charge on any atom is 0.251 e. The van der Waals surface area contributed by atoms with Crippen molar-refractivity contribution in [3.8, 4) is 0 Å². The molecular weight excluding hydrogens is 519 g/mol. The summed E-state index contributed by atoms with van der Waals surface area (Å²) in [5.74, 6) is -2.51. The fourth-order valence-electron chi connectivity index (χ4n) is 5.27. The second-order valence-corrected chi connectivity index (χ2v) is 10.6. The SMILES string of the molecule is CN[C@@H](C)C(=O)N[C@H](C(=O)N1CCC[C@H]1C(=O)N[C@@H](CNC(=O)c1ccc(CF)cc1)C(N)=O)C1CCCCC1. The number of likely N-dealkylation sites (tertiary alicyclic amines) is 1. The summed E-state index contributed by atoms with van der Waals surface area (Å²) in [5.41, 5.74) is 6.20. The van der Waals surface area contributed by atoms with Gasteiger partial charge in [-0.25, -0.2) is 4.39 Å². The van der Waals surface area contributed by atoms with Crippen LogP contribution in [0, 0.1) is 5.92 Å². The largest absolute Gasteiger partial charge is 0.368 e. The average Bonchev–Trinajstić information content (AvgIpc) is 3.47. The molecule has 220 valence electrons. The third kappa shape index (κ3) is 8.00. The Bertz CT molecular complexity index is 1060. The molecule has 1 aliphatic heterocycles. The van der Waals surface area contributed by atoms with Gasteiger partial charge in [-0.1, -0.05) is 31.4 Å². The molecule has 0 bridgehead atoms. The van der Waals surface area contributed by atoms with Gasteiger partial charge >= 0.3 is 0 Å². The first kappa shape index (κ1) is 31.0. The highest BCUT2D eigenvalue weighted by molar-refractivity contribution is 5.96. The van der Waals surface area contributed by atoms with Crippen LogP contribution in [0.15, 0.2) is 24.3 Å². The Hall–Kier alpha value is -3.54. The van der Waals surface area contributed by atoms with E-state index in [4.69, 9.17) is 5.73 Å². The second-order valence-electron chi connectivity index (χ2n) is 10.6. The van der Waals surface area contributed by atoms with Gasteiger partial charge in [0.05, 0.1) is 6.04 Å². The minimum absolute atomic E-state index is 0.0221. The van der Waals surface area contributed by atoms with Crippen molar-refractivity contribution in [3.05, 3.63) is 35.4 Å². The maximum absolute atomic E-state index is 13.8. The number of carbonyl (C=O) groups is 5. The van der Waals surface area contributed by atoms with Gasteiger partial charge in [0, 0.05) is 18.7 Å². The molecule has 0 unspecified atom stereocenters. The summed E-state index contributed by atoms with van der Waals surface area (Å²) < 4.78 is 12.7. The first-order valence-electron chi connectivity index (χ1n) is 14.0. The number of alkyl halides is 1. The molecule has 2 fully saturated rings. The van der Waals surface area contributed by atoms with Gasteiger partial charge in [0.1, 0.15) is 24.8 Å². The first-order chi connectivity index (χ1) is 19.2. The van der Waals surface area contributed by atoms with Crippen molar-refractivity contribution in [1.29, 1.82) is 0 Å². The Morgan fingerprint density at radius 2 is 1.68 bits per heavy atom. The van der Waals surface area contributed by atoms with Gasteiger partial charge in [-0.15, -0.1) is 0 Å². The van der Waals surface area contributed by atoms with Gasteiger partial charge < -0.3 is 31.9 Å². The molecule has 12 heteroatoms. The molecule has 1 aliphatic carbocycles. The van der Waals surface area contributed by atoms with Crippen LogP contribution >= 0.6 is 0 Å². The van der Waals surface area contributed by atoms with E-state index in [1.807, 2.05) is 0 Å². The molecule has 3 rings (SSSR count). The van der Waals surface area contributed by atoms with E-state index in [1.54, 1.807) is 14.0 Å². The number of benzene rings is 1. The van der Waals surface area contributed by atoms with E-state index in [0.29, 0.717) is 24.9 Å². The van der Waals surface area contributed by atoms with Crippen LogP contribution < -0.4 is 27.0 Å². The molecule has 40 heavy (non-hydrogen) atoms. The summed E-state index contributed by atoms with van der Waals surface area (Å²) in [7, 11) is 1.67. The molecule has 0 spiro atoms. The quantitative estimate of drug-likeness (QED) is 0.250. The van der Waals surface area contributed by atoms with E-state index in [-0.39, 0.29) is 29.8 Å². The number of carbonyl (C=O) groups excluding carboxylic acids is 5. The Morgan fingerprint density at radius 1 is 1.00 bits per heavy atom. The number of hydrogen-bond acceptors (Lipinski definition) is 6. The monoisotopic (exact) mass is 560 g/mol. The third-order valence-electron chi connectivity index (χ3n) is 7.85. The molecule has 1 aromatic carbocycles. The summed E-state index contributed by atoms with van der Waals surface area (Å²) in [6, 6.07) is 2.63. The van der Waals surface area contributed by atoms with Crippen LogP contribution in [0.5, 0.6) is 0 Å². The smallest absolute Gasteiger partial charge is 0.251 e. The molecule has 11 nitrogen and oxygen atoms in total. The Balaban J connectivity index is 1.67. The van der Waals surface area contributed by atoms with Crippen LogP contribution in [0.2, 0.25) is 0 Å². The van der Waals surface area contributed by atoms with E-state index < -0.39 is 48.6 Å². The molecule has 1 saturated carbocycles. The standard InChI is InChI=1S/C28H41FN6O5/c1-17(31-2)25(37)34-23(19-7-4-3-5-8-19)28(40)35-14-6-9-22(35)27(39)33-21(24(30)36)16-32-26(38)20-12-10-18(15-29)11-13-20/h10-13,17,19,21-23,31H,3-9,14-16H2,1-2H3,(H2,30,36)(H,32,38)(H,33,39)(H,34,37)/t17-,21-,22-,23-/m0/s1. The number of primary amides is 1. The lowest BCUT2D eigenvalue weighted by Crippen LogP contribution is -2.60. The number of likely N-dealkylation sites (N-methyl/N-ethyl adjacent to an activating group) is 1. The Labute approximate surface area is 234 Å². The second kappa shape index (κ2) is 14.7. The molecule has 1 aromatic rings. The summed E-state index contributed by atoms with van der Waals surface area (Å²) in [6.07, 6.45) is 5.65. The maximum atomic E-state index is 13.8. The Morgan fingerprint density at radius 3 is 2.27 bits per heavy atom. The molecule has 1 heterocycles. The van der Waals surface area contributed by atoms with Crippen LogP contribution in [0.3, 0.4) is 0 Å². The number of amides is 5. The highest BCUT2D eigenvalue weighted by Crippen LogP contribution is 2.29. The summed E-state index contributed by atoms with van der Waals surface area (Å²) in [4.78, 5) is 65.8.